The molecule has 2 saturated heterocycles. The molecule has 2 fully saturated rings. The van der Waals surface area contributed by atoms with Crippen molar-refractivity contribution in [1.82, 2.24) is 19.4 Å². The fraction of sp³-hybridized carbons (Fsp3) is 0.333. The molecule has 0 unspecified atom stereocenters. The molecular formula is C30H32BrN5O. The molecule has 0 bridgehead atoms. The van der Waals surface area contributed by atoms with E-state index >= 15 is 0 Å². The summed E-state index contributed by atoms with van der Waals surface area (Å²) in [4.78, 5) is 25.4. The van der Waals surface area contributed by atoms with Crippen molar-refractivity contribution in [1.29, 1.82) is 0 Å². The summed E-state index contributed by atoms with van der Waals surface area (Å²) in [6.45, 7) is 5.89. The smallest absolute Gasteiger partial charge is 0.227 e. The van der Waals surface area contributed by atoms with Crippen LogP contribution in [0.5, 0.6) is 0 Å². The Kier molecular flexibility index (Phi) is 6.98. The fourth-order valence-electron chi connectivity index (χ4n) is 5.77. The van der Waals surface area contributed by atoms with Gasteiger partial charge in [-0.25, -0.2) is 4.98 Å². The quantitative estimate of drug-likeness (QED) is 0.332. The van der Waals surface area contributed by atoms with Gasteiger partial charge in [0, 0.05) is 48.6 Å². The van der Waals surface area contributed by atoms with Gasteiger partial charge in [0.2, 0.25) is 5.91 Å². The van der Waals surface area contributed by atoms with E-state index in [4.69, 9.17) is 4.98 Å². The molecule has 3 aromatic carbocycles. The SMILES string of the molecule is O=C([C@@H]1CCCN(Cc2nc3ccccc3n2-c2cccc(Br)c2)C1)N1CCN(c2ccccc2)CC1. The average Bonchev–Trinajstić information content (AvgIpc) is 3.31. The van der Waals surface area contributed by atoms with Crippen LogP contribution in [0.15, 0.2) is 83.3 Å². The summed E-state index contributed by atoms with van der Waals surface area (Å²) in [7, 11) is 0. The number of piperazine rings is 1. The first-order chi connectivity index (χ1) is 18.2. The second kappa shape index (κ2) is 10.7. The first kappa shape index (κ1) is 24.2. The van der Waals surface area contributed by atoms with E-state index in [1.165, 1.54) is 5.69 Å². The minimum Gasteiger partial charge on any atom is -0.368 e. The van der Waals surface area contributed by atoms with Crippen molar-refractivity contribution >= 4 is 38.6 Å². The highest BCUT2D eigenvalue weighted by molar-refractivity contribution is 9.10. The number of rotatable bonds is 5. The van der Waals surface area contributed by atoms with Crippen LogP contribution < -0.4 is 4.90 Å². The third kappa shape index (κ3) is 5.15. The lowest BCUT2D eigenvalue weighted by Crippen LogP contribution is -2.52. The number of carbonyl (C=O) groups excluding carboxylic acids is 1. The normalized spacial score (nSPS) is 18.9. The van der Waals surface area contributed by atoms with E-state index in [0.29, 0.717) is 5.91 Å². The van der Waals surface area contributed by atoms with Crippen molar-refractivity contribution in [2.24, 2.45) is 5.92 Å². The summed E-state index contributed by atoms with van der Waals surface area (Å²) in [6.07, 6.45) is 2.01. The van der Waals surface area contributed by atoms with E-state index in [-0.39, 0.29) is 5.92 Å². The highest BCUT2D eigenvalue weighted by Crippen LogP contribution is 2.27. The van der Waals surface area contributed by atoms with Gasteiger partial charge in [-0.3, -0.25) is 14.3 Å². The standard InChI is InChI=1S/C30H32BrN5O/c31-24-9-6-12-26(20-24)36-28-14-5-4-13-27(28)32-29(36)22-33-15-7-8-23(21-33)30(37)35-18-16-34(17-19-35)25-10-2-1-3-11-25/h1-6,9-14,20,23H,7-8,15-19,21-22H2/t23-/m1/s1. The maximum absolute atomic E-state index is 13.5. The van der Waals surface area contributed by atoms with Gasteiger partial charge in [0.1, 0.15) is 5.82 Å². The Morgan fingerprint density at radius 1 is 0.865 bits per heavy atom. The average molecular weight is 559 g/mol. The molecule has 3 heterocycles. The number of amides is 1. The van der Waals surface area contributed by atoms with E-state index in [0.717, 1.165) is 85.7 Å². The first-order valence-electron chi connectivity index (χ1n) is 13.2. The zero-order valence-electron chi connectivity index (χ0n) is 21.0. The van der Waals surface area contributed by atoms with Gasteiger partial charge >= 0.3 is 0 Å². The van der Waals surface area contributed by atoms with E-state index in [1.807, 2.05) is 18.2 Å². The lowest BCUT2D eigenvalue weighted by molar-refractivity contribution is -0.137. The molecule has 4 aromatic rings. The van der Waals surface area contributed by atoms with Crippen LogP contribution in [0.2, 0.25) is 0 Å². The maximum atomic E-state index is 13.5. The maximum Gasteiger partial charge on any atom is 0.227 e. The highest BCUT2D eigenvalue weighted by atomic mass is 79.9. The van der Waals surface area contributed by atoms with E-state index < -0.39 is 0 Å². The van der Waals surface area contributed by atoms with Gasteiger partial charge in [-0.05, 0) is 61.9 Å². The Morgan fingerprint density at radius 3 is 2.43 bits per heavy atom. The second-order valence-corrected chi connectivity index (χ2v) is 11.0. The van der Waals surface area contributed by atoms with Gasteiger partial charge in [-0.1, -0.05) is 52.3 Å². The van der Waals surface area contributed by atoms with Crippen LogP contribution in [0.1, 0.15) is 18.7 Å². The molecule has 1 aromatic heterocycles. The molecule has 1 amide bonds. The zero-order valence-corrected chi connectivity index (χ0v) is 22.6. The number of piperidine rings is 1. The van der Waals surface area contributed by atoms with Crippen molar-refractivity contribution in [2.75, 3.05) is 44.2 Å². The van der Waals surface area contributed by atoms with Crippen LogP contribution in [-0.2, 0) is 11.3 Å². The van der Waals surface area contributed by atoms with Gasteiger partial charge in [-0.2, -0.15) is 0 Å². The van der Waals surface area contributed by atoms with Crippen LogP contribution >= 0.6 is 15.9 Å². The Hall–Kier alpha value is -3.16. The van der Waals surface area contributed by atoms with Gasteiger partial charge in [-0.15, -0.1) is 0 Å². The van der Waals surface area contributed by atoms with Gasteiger partial charge < -0.3 is 9.80 Å². The minimum atomic E-state index is 0.0562. The van der Waals surface area contributed by atoms with Gasteiger partial charge in [0.05, 0.1) is 23.5 Å². The Balaban J connectivity index is 1.15. The number of likely N-dealkylation sites (tertiary alicyclic amines) is 1. The minimum absolute atomic E-state index is 0.0562. The van der Waals surface area contributed by atoms with Crippen LogP contribution in [-0.4, -0.2) is 64.5 Å². The number of halogens is 1. The molecule has 0 aliphatic carbocycles. The monoisotopic (exact) mass is 557 g/mol. The van der Waals surface area contributed by atoms with Crippen LogP contribution in [0.4, 0.5) is 5.69 Å². The summed E-state index contributed by atoms with van der Waals surface area (Å²) < 4.78 is 3.30. The van der Waals surface area contributed by atoms with Crippen molar-refractivity contribution in [2.45, 2.75) is 19.4 Å². The molecule has 0 spiro atoms. The van der Waals surface area contributed by atoms with Gasteiger partial charge in [0.15, 0.2) is 0 Å². The molecule has 0 N–H and O–H groups in total. The second-order valence-electron chi connectivity index (χ2n) is 10.1. The number of carbonyl (C=O) groups is 1. The summed E-state index contributed by atoms with van der Waals surface area (Å²) in [5.74, 6) is 1.39. The number of hydrogen-bond acceptors (Lipinski definition) is 4. The number of imidazole rings is 1. The number of fused-ring (bicyclic) bond motifs is 1. The molecule has 0 saturated carbocycles. The molecule has 2 aliphatic heterocycles. The summed E-state index contributed by atoms with van der Waals surface area (Å²) in [6, 6.07) is 27.2. The summed E-state index contributed by atoms with van der Waals surface area (Å²) in [5, 5.41) is 0. The predicted molar refractivity (Wildman–Crippen MR) is 152 cm³/mol. The number of hydrogen-bond donors (Lipinski definition) is 0. The molecule has 190 valence electrons. The molecule has 6 nitrogen and oxygen atoms in total. The molecule has 0 radical (unpaired) electrons. The van der Waals surface area contributed by atoms with Crippen molar-refractivity contribution in [3.05, 3.63) is 89.2 Å². The summed E-state index contributed by atoms with van der Waals surface area (Å²) in [5.41, 5.74) is 4.45. The molecule has 1 atom stereocenters. The van der Waals surface area contributed by atoms with E-state index in [9.17, 15) is 4.79 Å². The van der Waals surface area contributed by atoms with Crippen LogP contribution in [0.3, 0.4) is 0 Å². The topological polar surface area (TPSA) is 44.6 Å². The number of aromatic nitrogens is 2. The van der Waals surface area contributed by atoms with Crippen LogP contribution in [0, 0.1) is 5.92 Å². The highest BCUT2D eigenvalue weighted by Gasteiger charge is 2.31. The zero-order chi connectivity index (χ0) is 25.2. The number of nitrogens with zero attached hydrogens (tertiary/aromatic N) is 5. The third-order valence-corrected chi connectivity index (χ3v) is 8.12. The predicted octanol–water partition coefficient (Wildman–Crippen LogP) is 5.35. The lowest BCUT2D eigenvalue weighted by atomic mass is 9.96. The summed E-state index contributed by atoms with van der Waals surface area (Å²) >= 11 is 3.62. The van der Waals surface area contributed by atoms with Gasteiger partial charge in [0.25, 0.3) is 0 Å². The largest absolute Gasteiger partial charge is 0.368 e. The van der Waals surface area contributed by atoms with Crippen molar-refractivity contribution in [3.8, 4) is 5.69 Å². The Morgan fingerprint density at radius 2 is 1.62 bits per heavy atom. The van der Waals surface area contributed by atoms with Crippen molar-refractivity contribution < 1.29 is 4.79 Å². The Labute approximate surface area is 226 Å². The van der Waals surface area contributed by atoms with E-state index in [2.05, 4.69) is 95.9 Å². The molecule has 2 aliphatic rings. The Bertz CT molecular complexity index is 1380. The number of benzene rings is 3. The number of anilines is 1. The third-order valence-electron chi connectivity index (χ3n) is 7.63. The molecule has 6 rings (SSSR count). The molecule has 37 heavy (non-hydrogen) atoms. The molecular weight excluding hydrogens is 526 g/mol. The fourth-order valence-corrected chi connectivity index (χ4v) is 6.16. The van der Waals surface area contributed by atoms with Crippen molar-refractivity contribution in [3.63, 3.8) is 0 Å². The van der Waals surface area contributed by atoms with Crippen LogP contribution in [0.25, 0.3) is 16.7 Å². The lowest BCUT2D eigenvalue weighted by Gasteiger charge is -2.39. The first-order valence-corrected chi connectivity index (χ1v) is 14.0. The molecule has 7 heteroatoms. The number of para-hydroxylation sites is 3. The van der Waals surface area contributed by atoms with E-state index in [1.54, 1.807) is 0 Å².